The van der Waals surface area contributed by atoms with Crippen molar-refractivity contribution in [3.63, 3.8) is 0 Å². The first-order valence-corrected chi connectivity index (χ1v) is 9.15. The summed E-state index contributed by atoms with van der Waals surface area (Å²) in [7, 11) is 1.91. The number of nitrogens with zero attached hydrogens (tertiary/aromatic N) is 4. The summed E-state index contributed by atoms with van der Waals surface area (Å²) in [4.78, 5) is 19.0. The number of pyridine rings is 1. The van der Waals surface area contributed by atoms with Crippen LogP contribution in [0.4, 0.5) is 5.82 Å². The molecule has 25 heavy (non-hydrogen) atoms. The van der Waals surface area contributed by atoms with E-state index in [0.29, 0.717) is 29.2 Å². The standard InChI is InChI=1S/C18H22ClN5O/c1-23-11-13(10-22-23)17-12(4-7-16(25)24(17)14-5-6-14)9-21-18-15(19)3-2-8-20-18/h2-3,8,10-12,14,17H,4-7,9H2,1H3,(H,20,21)/t12-,17+/m1/s1. The number of anilines is 1. The van der Waals surface area contributed by atoms with E-state index in [1.54, 1.807) is 10.9 Å². The van der Waals surface area contributed by atoms with Crippen molar-refractivity contribution in [2.24, 2.45) is 13.0 Å². The summed E-state index contributed by atoms with van der Waals surface area (Å²) in [6.07, 6.45) is 9.32. The predicted molar refractivity (Wildman–Crippen MR) is 96.3 cm³/mol. The van der Waals surface area contributed by atoms with Gasteiger partial charge in [0.25, 0.3) is 0 Å². The molecule has 2 fully saturated rings. The van der Waals surface area contributed by atoms with Gasteiger partial charge in [0.15, 0.2) is 0 Å². The van der Waals surface area contributed by atoms with Crippen molar-refractivity contribution in [3.8, 4) is 0 Å². The van der Waals surface area contributed by atoms with Gasteiger partial charge in [-0.05, 0) is 31.4 Å². The molecule has 0 bridgehead atoms. The number of amides is 1. The van der Waals surface area contributed by atoms with Gasteiger partial charge in [-0.15, -0.1) is 0 Å². The lowest BCUT2D eigenvalue weighted by molar-refractivity contribution is -0.139. The highest BCUT2D eigenvalue weighted by atomic mass is 35.5. The van der Waals surface area contributed by atoms with Crippen LogP contribution in [0.3, 0.4) is 0 Å². The molecule has 4 rings (SSSR count). The molecule has 2 atom stereocenters. The second-order valence-electron chi connectivity index (χ2n) is 6.94. The normalized spacial score (nSPS) is 23.8. The zero-order valence-electron chi connectivity index (χ0n) is 14.2. The maximum Gasteiger partial charge on any atom is 0.223 e. The topological polar surface area (TPSA) is 63.1 Å². The monoisotopic (exact) mass is 359 g/mol. The summed E-state index contributed by atoms with van der Waals surface area (Å²) in [5.41, 5.74) is 1.11. The van der Waals surface area contributed by atoms with Crippen molar-refractivity contribution < 1.29 is 4.79 Å². The van der Waals surface area contributed by atoms with Crippen LogP contribution in [-0.2, 0) is 11.8 Å². The van der Waals surface area contributed by atoms with Crippen LogP contribution in [0.1, 0.15) is 37.3 Å². The average Bonchev–Trinajstić information content (AvgIpc) is 3.35. The van der Waals surface area contributed by atoms with E-state index in [4.69, 9.17) is 11.6 Å². The van der Waals surface area contributed by atoms with E-state index >= 15 is 0 Å². The second-order valence-corrected chi connectivity index (χ2v) is 7.35. The van der Waals surface area contributed by atoms with Crippen LogP contribution in [0, 0.1) is 5.92 Å². The van der Waals surface area contributed by atoms with Gasteiger partial charge in [0.2, 0.25) is 5.91 Å². The smallest absolute Gasteiger partial charge is 0.223 e. The molecule has 1 aliphatic carbocycles. The minimum absolute atomic E-state index is 0.0671. The summed E-state index contributed by atoms with van der Waals surface area (Å²) in [5.74, 6) is 1.27. The highest BCUT2D eigenvalue weighted by Crippen LogP contribution is 2.43. The average molecular weight is 360 g/mol. The number of aryl methyl sites for hydroxylation is 1. The van der Waals surface area contributed by atoms with Crippen LogP contribution in [0.25, 0.3) is 0 Å². The van der Waals surface area contributed by atoms with E-state index in [2.05, 4.69) is 20.3 Å². The van der Waals surface area contributed by atoms with E-state index < -0.39 is 0 Å². The van der Waals surface area contributed by atoms with Gasteiger partial charge in [-0.3, -0.25) is 9.48 Å². The van der Waals surface area contributed by atoms with E-state index in [0.717, 1.165) is 31.4 Å². The molecule has 0 aromatic carbocycles. The molecule has 3 heterocycles. The SMILES string of the molecule is Cn1cc([C@@H]2[C@@H](CNc3ncccc3Cl)CCC(=O)N2C2CC2)cn1. The number of likely N-dealkylation sites (tertiary alicyclic amines) is 1. The maximum atomic E-state index is 12.6. The third-order valence-corrected chi connectivity index (χ3v) is 5.36. The molecule has 1 aliphatic heterocycles. The molecule has 0 unspecified atom stereocenters. The van der Waals surface area contributed by atoms with Crippen LogP contribution >= 0.6 is 11.6 Å². The zero-order valence-corrected chi connectivity index (χ0v) is 15.0. The van der Waals surface area contributed by atoms with Gasteiger partial charge in [-0.1, -0.05) is 11.6 Å². The Kier molecular flexibility index (Phi) is 4.37. The van der Waals surface area contributed by atoms with Crippen LogP contribution in [0.2, 0.25) is 5.02 Å². The highest BCUT2D eigenvalue weighted by molar-refractivity contribution is 6.32. The minimum atomic E-state index is 0.0671. The van der Waals surface area contributed by atoms with Crippen molar-refractivity contribution in [2.75, 3.05) is 11.9 Å². The number of hydrogen-bond donors (Lipinski definition) is 1. The molecule has 2 aromatic rings. The Balaban J connectivity index is 1.58. The van der Waals surface area contributed by atoms with Crippen molar-refractivity contribution in [1.82, 2.24) is 19.7 Å². The minimum Gasteiger partial charge on any atom is -0.368 e. The van der Waals surface area contributed by atoms with Crippen LogP contribution in [0.15, 0.2) is 30.7 Å². The van der Waals surface area contributed by atoms with Crippen LogP contribution < -0.4 is 5.32 Å². The molecular weight excluding hydrogens is 338 g/mol. The van der Waals surface area contributed by atoms with Crippen LogP contribution in [0.5, 0.6) is 0 Å². The lowest BCUT2D eigenvalue weighted by atomic mass is 9.85. The summed E-state index contributed by atoms with van der Waals surface area (Å²) in [6.45, 7) is 0.729. The number of piperidine rings is 1. The maximum absolute atomic E-state index is 12.6. The molecule has 7 heteroatoms. The Labute approximate surface area is 152 Å². The first-order valence-electron chi connectivity index (χ1n) is 8.77. The van der Waals surface area contributed by atoms with E-state index in [9.17, 15) is 4.79 Å². The molecule has 2 aromatic heterocycles. The molecule has 1 N–H and O–H groups in total. The highest BCUT2D eigenvalue weighted by Gasteiger charge is 2.44. The summed E-state index contributed by atoms with van der Waals surface area (Å²) in [6, 6.07) is 4.10. The number of nitrogens with one attached hydrogen (secondary N) is 1. The van der Waals surface area contributed by atoms with Gasteiger partial charge in [0, 0.05) is 49.9 Å². The van der Waals surface area contributed by atoms with Gasteiger partial charge in [-0.2, -0.15) is 5.10 Å². The molecule has 6 nitrogen and oxygen atoms in total. The quantitative estimate of drug-likeness (QED) is 0.891. The number of halogens is 1. The third kappa shape index (κ3) is 3.35. The summed E-state index contributed by atoms with van der Waals surface area (Å²) in [5, 5.41) is 8.32. The number of aromatic nitrogens is 3. The second kappa shape index (κ2) is 6.67. The first kappa shape index (κ1) is 16.4. The van der Waals surface area contributed by atoms with E-state index in [-0.39, 0.29) is 11.9 Å². The molecule has 1 amide bonds. The summed E-state index contributed by atoms with van der Waals surface area (Å²) < 4.78 is 1.81. The molecule has 1 saturated carbocycles. The molecule has 0 radical (unpaired) electrons. The number of carbonyl (C=O) groups is 1. The predicted octanol–water partition coefficient (Wildman–Crippen LogP) is 3.02. The zero-order chi connectivity index (χ0) is 17.4. The lowest BCUT2D eigenvalue weighted by Gasteiger charge is -2.41. The first-order chi connectivity index (χ1) is 12.1. The fourth-order valence-corrected chi connectivity index (χ4v) is 3.93. The Morgan fingerprint density at radius 1 is 1.36 bits per heavy atom. The Morgan fingerprint density at radius 3 is 2.88 bits per heavy atom. The molecule has 2 aliphatic rings. The van der Waals surface area contributed by atoms with Crippen LogP contribution in [-0.4, -0.2) is 38.2 Å². The Morgan fingerprint density at radius 2 is 2.20 bits per heavy atom. The molecule has 132 valence electrons. The number of rotatable bonds is 5. The number of carbonyl (C=O) groups excluding carboxylic acids is 1. The number of hydrogen-bond acceptors (Lipinski definition) is 4. The van der Waals surface area contributed by atoms with Crippen molar-refractivity contribution in [1.29, 1.82) is 0 Å². The van der Waals surface area contributed by atoms with Gasteiger partial charge in [0.05, 0.1) is 17.3 Å². The fraction of sp³-hybridized carbons (Fsp3) is 0.500. The van der Waals surface area contributed by atoms with Crippen molar-refractivity contribution in [2.45, 2.75) is 37.8 Å². The molecule has 0 spiro atoms. The van der Waals surface area contributed by atoms with Crippen molar-refractivity contribution >= 4 is 23.3 Å². The van der Waals surface area contributed by atoms with Gasteiger partial charge in [0.1, 0.15) is 5.82 Å². The Hall–Kier alpha value is -2.08. The van der Waals surface area contributed by atoms with Gasteiger partial charge < -0.3 is 10.2 Å². The van der Waals surface area contributed by atoms with E-state index in [1.807, 2.05) is 31.6 Å². The summed E-state index contributed by atoms with van der Waals surface area (Å²) >= 11 is 6.21. The van der Waals surface area contributed by atoms with Crippen molar-refractivity contribution in [3.05, 3.63) is 41.3 Å². The Bertz CT molecular complexity index is 772. The largest absolute Gasteiger partial charge is 0.368 e. The molecule has 1 saturated heterocycles. The van der Waals surface area contributed by atoms with Gasteiger partial charge in [-0.25, -0.2) is 4.98 Å². The fourth-order valence-electron chi connectivity index (χ4n) is 3.74. The lowest BCUT2D eigenvalue weighted by Crippen LogP contribution is -2.46. The van der Waals surface area contributed by atoms with Gasteiger partial charge >= 0.3 is 0 Å². The molecular formula is C18H22ClN5O. The van der Waals surface area contributed by atoms with E-state index in [1.165, 1.54) is 0 Å². The third-order valence-electron chi connectivity index (χ3n) is 5.06.